The van der Waals surface area contributed by atoms with Crippen LogP contribution >= 0.6 is 0 Å². The first-order valence-corrected chi connectivity index (χ1v) is 6.06. The average Bonchev–Trinajstić information content (AvgIpc) is 2.19. The summed E-state index contributed by atoms with van der Waals surface area (Å²) in [6.07, 6.45) is 5.58. The van der Waals surface area contributed by atoms with Crippen molar-refractivity contribution in [2.75, 3.05) is 27.2 Å². The summed E-state index contributed by atoms with van der Waals surface area (Å²) in [6, 6.07) is 0. The first-order valence-electron chi connectivity index (χ1n) is 6.06. The topological polar surface area (TPSA) is 32.3 Å². The molecule has 1 aliphatic rings. The number of rotatable bonds is 6. The fourth-order valence-electron chi connectivity index (χ4n) is 2.31. The molecule has 0 radical (unpaired) electrons. The highest BCUT2D eigenvalue weighted by molar-refractivity contribution is 5.83. The van der Waals surface area contributed by atoms with Crippen molar-refractivity contribution in [1.82, 2.24) is 10.2 Å². The van der Waals surface area contributed by atoms with E-state index in [1.807, 2.05) is 19.0 Å². The highest BCUT2D eigenvalue weighted by atomic mass is 16.2. The number of nitrogens with one attached hydrogen (secondary N) is 1. The van der Waals surface area contributed by atoms with Crippen molar-refractivity contribution in [2.24, 2.45) is 5.41 Å². The second kappa shape index (κ2) is 5.50. The maximum atomic E-state index is 12.2. The molecule has 0 aromatic rings. The van der Waals surface area contributed by atoms with Gasteiger partial charge in [-0.15, -0.1) is 0 Å². The molecule has 0 saturated heterocycles. The Hall–Kier alpha value is -0.570. The number of carbonyl (C=O) groups is 1. The number of unbranched alkanes of at least 4 members (excludes halogenated alkanes) is 1. The minimum absolute atomic E-state index is 0.0722. The Balaban J connectivity index is 2.49. The number of carbonyl (C=O) groups excluding carboxylic acids is 1. The van der Waals surface area contributed by atoms with E-state index in [1.54, 1.807) is 0 Å². The van der Waals surface area contributed by atoms with Gasteiger partial charge in [-0.3, -0.25) is 4.79 Å². The first-order chi connectivity index (χ1) is 7.16. The predicted octanol–water partition coefficient (Wildman–Crippen LogP) is 1.63. The molecule has 0 spiro atoms. The molecule has 1 rings (SSSR count). The quantitative estimate of drug-likeness (QED) is 0.726. The van der Waals surface area contributed by atoms with Crippen molar-refractivity contribution < 1.29 is 4.79 Å². The molecule has 15 heavy (non-hydrogen) atoms. The van der Waals surface area contributed by atoms with Crippen LogP contribution in [-0.2, 0) is 4.79 Å². The van der Waals surface area contributed by atoms with Gasteiger partial charge in [0.05, 0.1) is 5.41 Å². The van der Waals surface area contributed by atoms with Gasteiger partial charge in [0, 0.05) is 20.1 Å². The third-order valence-electron chi connectivity index (χ3n) is 3.47. The minimum Gasteiger partial charge on any atom is -0.345 e. The third kappa shape index (κ3) is 2.71. The molecule has 0 aliphatic heterocycles. The van der Waals surface area contributed by atoms with E-state index in [4.69, 9.17) is 0 Å². The van der Waals surface area contributed by atoms with Crippen LogP contribution in [0.15, 0.2) is 0 Å². The summed E-state index contributed by atoms with van der Waals surface area (Å²) in [6.45, 7) is 3.90. The predicted molar refractivity (Wildman–Crippen MR) is 62.8 cm³/mol. The largest absolute Gasteiger partial charge is 0.345 e. The Kier molecular flexibility index (Phi) is 4.58. The zero-order valence-corrected chi connectivity index (χ0v) is 10.3. The summed E-state index contributed by atoms with van der Waals surface area (Å²) in [4.78, 5) is 14.1. The minimum atomic E-state index is -0.0722. The number of hydrogen-bond donors (Lipinski definition) is 1. The smallest absolute Gasteiger partial charge is 0.229 e. The van der Waals surface area contributed by atoms with Crippen molar-refractivity contribution in [2.45, 2.75) is 39.0 Å². The van der Waals surface area contributed by atoms with E-state index < -0.39 is 0 Å². The molecule has 1 N–H and O–H groups in total. The number of hydrogen-bond acceptors (Lipinski definition) is 2. The molecule has 88 valence electrons. The van der Waals surface area contributed by atoms with Crippen LogP contribution in [0.25, 0.3) is 0 Å². The SMILES string of the molecule is CCCCN(C)C(=O)C1(CNC)CCC1. The zero-order chi connectivity index (χ0) is 11.3. The van der Waals surface area contributed by atoms with Crippen LogP contribution in [-0.4, -0.2) is 38.0 Å². The second-order valence-electron chi connectivity index (χ2n) is 4.74. The summed E-state index contributed by atoms with van der Waals surface area (Å²) in [5.41, 5.74) is -0.0722. The van der Waals surface area contributed by atoms with Crippen molar-refractivity contribution in [3.63, 3.8) is 0 Å². The van der Waals surface area contributed by atoms with Gasteiger partial charge in [-0.05, 0) is 26.3 Å². The van der Waals surface area contributed by atoms with Crippen LogP contribution in [0.4, 0.5) is 0 Å². The molecule has 1 amide bonds. The number of nitrogens with zero attached hydrogens (tertiary/aromatic N) is 1. The zero-order valence-electron chi connectivity index (χ0n) is 10.3. The van der Waals surface area contributed by atoms with Gasteiger partial charge in [0.1, 0.15) is 0 Å². The highest BCUT2D eigenvalue weighted by Gasteiger charge is 2.44. The average molecular weight is 212 g/mol. The van der Waals surface area contributed by atoms with Gasteiger partial charge in [0.2, 0.25) is 5.91 Å². The van der Waals surface area contributed by atoms with Crippen molar-refractivity contribution >= 4 is 5.91 Å². The molecule has 1 fully saturated rings. The Morgan fingerprint density at radius 1 is 1.47 bits per heavy atom. The van der Waals surface area contributed by atoms with Crippen LogP contribution in [0.5, 0.6) is 0 Å². The van der Waals surface area contributed by atoms with Crippen LogP contribution in [0.1, 0.15) is 39.0 Å². The Morgan fingerprint density at radius 3 is 2.53 bits per heavy atom. The van der Waals surface area contributed by atoms with Gasteiger partial charge in [0.15, 0.2) is 0 Å². The fourth-order valence-corrected chi connectivity index (χ4v) is 2.31. The lowest BCUT2D eigenvalue weighted by Crippen LogP contribution is -2.51. The van der Waals surface area contributed by atoms with E-state index in [-0.39, 0.29) is 5.41 Å². The molecule has 1 aliphatic carbocycles. The molecule has 1 saturated carbocycles. The van der Waals surface area contributed by atoms with Crippen LogP contribution < -0.4 is 5.32 Å². The maximum absolute atomic E-state index is 12.2. The molecule has 3 nitrogen and oxygen atoms in total. The monoisotopic (exact) mass is 212 g/mol. The second-order valence-corrected chi connectivity index (χ2v) is 4.74. The maximum Gasteiger partial charge on any atom is 0.229 e. The summed E-state index contributed by atoms with van der Waals surface area (Å²) in [7, 11) is 3.87. The third-order valence-corrected chi connectivity index (χ3v) is 3.47. The standard InChI is InChI=1S/C12H24N2O/c1-4-5-9-14(3)11(15)12(10-13-2)7-6-8-12/h13H,4-10H2,1-3H3. The van der Waals surface area contributed by atoms with Crippen LogP contribution in [0, 0.1) is 5.41 Å². The fraction of sp³-hybridized carbons (Fsp3) is 0.917. The van der Waals surface area contributed by atoms with E-state index in [1.165, 1.54) is 6.42 Å². The van der Waals surface area contributed by atoms with Gasteiger partial charge >= 0.3 is 0 Å². The normalized spacial score (nSPS) is 18.3. The Morgan fingerprint density at radius 2 is 2.13 bits per heavy atom. The van der Waals surface area contributed by atoms with E-state index in [9.17, 15) is 4.79 Å². The lowest BCUT2D eigenvalue weighted by atomic mass is 9.67. The van der Waals surface area contributed by atoms with Crippen molar-refractivity contribution in [1.29, 1.82) is 0 Å². The van der Waals surface area contributed by atoms with Crippen molar-refractivity contribution in [3.8, 4) is 0 Å². The molecular formula is C12H24N2O. The Labute approximate surface area is 93.2 Å². The van der Waals surface area contributed by atoms with E-state index >= 15 is 0 Å². The summed E-state index contributed by atoms with van der Waals surface area (Å²) < 4.78 is 0. The molecule has 3 heteroatoms. The van der Waals surface area contributed by atoms with Crippen LogP contribution in [0.2, 0.25) is 0 Å². The Bertz CT molecular complexity index is 212. The van der Waals surface area contributed by atoms with Crippen molar-refractivity contribution in [3.05, 3.63) is 0 Å². The lowest BCUT2D eigenvalue weighted by molar-refractivity contribution is -0.145. The van der Waals surface area contributed by atoms with Gasteiger partial charge in [-0.1, -0.05) is 19.8 Å². The summed E-state index contributed by atoms with van der Waals surface area (Å²) in [5, 5.41) is 3.15. The van der Waals surface area contributed by atoms with Crippen LogP contribution in [0.3, 0.4) is 0 Å². The number of amides is 1. The highest BCUT2D eigenvalue weighted by Crippen LogP contribution is 2.41. The van der Waals surface area contributed by atoms with Gasteiger partial charge < -0.3 is 10.2 Å². The molecule has 0 bridgehead atoms. The van der Waals surface area contributed by atoms with Gasteiger partial charge in [0.25, 0.3) is 0 Å². The summed E-state index contributed by atoms with van der Waals surface area (Å²) >= 11 is 0. The molecule has 0 atom stereocenters. The van der Waals surface area contributed by atoms with Gasteiger partial charge in [-0.25, -0.2) is 0 Å². The van der Waals surface area contributed by atoms with E-state index in [0.29, 0.717) is 5.91 Å². The van der Waals surface area contributed by atoms with E-state index in [2.05, 4.69) is 12.2 Å². The lowest BCUT2D eigenvalue weighted by Gasteiger charge is -2.42. The van der Waals surface area contributed by atoms with Gasteiger partial charge in [-0.2, -0.15) is 0 Å². The molecule has 0 unspecified atom stereocenters. The first kappa shape index (κ1) is 12.5. The molecule has 0 heterocycles. The van der Waals surface area contributed by atoms with E-state index in [0.717, 1.165) is 38.8 Å². The summed E-state index contributed by atoms with van der Waals surface area (Å²) in [5.74, 6) is 0.344. The molecule has 0 aromatic heterocycles. The molecule has 0 aromatic carbocycles. The molecular weight excluding hydrogens is 188 g/mol.